The van der Waals surface area contributed by atoms with E-state index in [-0.39, 0.29) is 25.0 Å². The Kier molecular flexibility index (Phi) is 6.47. The number of ether oxygens (including phenoxy) is 1. The van der Waals surface area contributed by atoms with Crippen LogP contribution in [0.25, 0.3) is 11.4 Å². The molecular weight excluding hydrogens is 416 g/mol. The summed E-state index contributed by atoms with van der Waals surface area (Å²) in [7, 11) is -2.40. The van der Waals surface area contributed by atoms with Crippen molar-refractivity contribution in [1.82, 2.24) is 14.7 Å². The summed E-state index contributed by atoms with van der Waals surface area (Å²) >= 11 is 0. The van der Waals surface area contributed by atoms with Gasteiger partial charge < -0.3 is 4.74 Å². The molecule has 30 heavy (non-hydrogen) atoms. The summed E-state index contributed by atoms with van der Waals surface area (Å²) in [4.78, 5) is 20.5. The lowest BCUT2D eigenvalue weighted by atomic mass is 9.79. The SMILES string of the molecule is CCS(=O)(=O)N[C@@H]1C[C@@](Cc2cccc(-c3ncc(F)cn3)c2)(C(=O)OC)C[C@@H]1F. The van der Waals surface area contributed by atoms with Crippen LogP contribution in [0.3, 0.4) is 0 Å². The first-order chi connectivity index (χ1) is 14.2. The van der Waals surface area contributed by atoms with Gasteiger partial charge in [0.1, 0.15) is 6.17 Å². The summed E-state index contributed by atoms with van der Waals surface area (Å²) in [5.41, 5.74) is 0.111. The molecule has 1 aromatic carbocycles. The van der Waals surface area contributed by atoms with Crippen LogP contribution < -0.4 is 4.72 Å². The quantitative estimate of drug-likeness (QED) is 0.666. The molecule has 0 saturated heterocycles. The number of alkyl halides is 1. The molecule has 3 atom stereocenters. The second kappa shape index (κ2) is 8.73. The molecule has 162 valence electrons. The Hall–Kier alpha value is -2.46. The number of benzene rings is 1. The molecule has 7 nitrogen and oxygen atoms in total. The number of carbonyl (C=O) groups is 1. The molecule has 1 aliphatic rings. The zero-order chi connectivity index (χ0) is 21.9. The molecule has 1 fully saturated rings. The van der Waals surface area contributed by atoms with E-state index in [1.165, 1.54) is 14.0 Å². The molecule has 1 aliphatic carbocycles. The van der Waals surface area contributed by atoms with Gasteiger partial charge in [-0.25, -0.2) is 31.9 Å². The molecule has 0 spiro atoms. The number of hydrogen-bond donors (Lipinski definition) is 1. The highest BCUT2D eigenvalue weighted by molar-refractivity contribution is 7.89. The Balaban J connectivity index is 1.88. The maximum atomic E-state index is 14.7. The van der Waals surface area contributed by atoms with Gasteiger partial charge in [0.2, 0.25) is 10.0 Å². The van der Waals surface area contributed by atoms with Crippen LogP contribution in [0.4, 0.5) is 8.78 Å². The molecule has 10 heteroatoms. The van der Waals surface area contributed by atoms with Crippen LogP contribution in [0.5, 0.6) is 0 Å². The minimum Gasteiger partial charge on any atom is -0.469 e. The van der Waals surface area contributed by atoms with Crippen molar-refractivity contribution < 1.29 is 26.7 Å². The molecule has 0 aliphatic heterocycles. The fourth-order valence-electron chi connectivity index (χ4n) is 3.85. The highest BCUT2D eigenvalue weighted by Gasteiger charge is 2.52. The predicted octanol–water partition coefficient (Wildman–Crippen LogP) is 2.42. The Morgan fingerprint density at radius 2 is 2.00 bits per heavy atom. The first-order valence-corrected chi connectivity index (χ1v) is 11.1. The number of aromatic nitrogens is 2. The van der Waals surface area contributed by atoms with E-state index in [4.69, 9.17) is 4.74 Å². The number of esters is 1. The topological polar surface area (TPSA) is 98.3 Å². The summed E-state index contributed by atoms with van der Waals surface area (Å²) in [6, 6.07) is 5.99. The van der Waals surface area contributed by atoms with Crippen LogP contribution >= 0.6 is 0 Å². The first kappa shape index (κ1) is 22.2. The summed E-state index contributed by atoms with van der Waals surface area (Å²) in [5.74, 6) is -1.01. The van der Waals surface area contributed by atoms with Gasteiger partial charge in [-0.15, -0.1) is 0 Å². The van der Waals surface area contributed by atoms with Crippen molar-refractivity contribution in [3.05, 3.63) is 48.0 Å². The van der Waals surface area contributed by atoms with E-state index in [1.807, 2.05) is 0 Å². The lowest BCUT2D eigenvalue weighted by molar-refractivity contribution is -0.152. The second-order valence-corrected chi connectivity index (χ2v) is 9.47. The summed E-state index contributed by atoms with van der Waals surface area (Å²) in [6.07, 6.45) is 0.569. The van der Waals surface area contributed by atoms with E-state index in [2.05, 4.69) is 14.7 Å². The lowest BCUT2D eigenvalue weighted by Gasteiger charge is -2.26. The number of hydrogen-bond acceptors (Lipinski definition) is 6. The average molecular weight is 439 g/mol. The monoisotopic (exact) mass is 439 g/mol. The third kappa shape index (κ3) is 4.81. The zero-order valence-corrected chi connectivity index (χ0v) is 17.5. The van der Waals surface area contributed by atoms with Crippen LogP contribution in [0.2, 0.25) is 0 Å². The normalized spacial score (nSPS) is 24.0. The molecule has 0 unspecified atom stereocenters. The largest absolute Gasteiger partial charge is 0.469 e. The molecule has 1 aromatic heterocycles. The number of nitrogens with zero attached hydrogens (tertiary/aromatic N) is 2. The second-order valence-electron chi connectivity index (χ2n) is 7.43. The van der Waals surface area contributed by atoms with Crippen LogP contribution in [0, 0.1) is 11.2 Å². The number of carbonyl (C=O) groups excluding carboxylic acids is 1. The van der Waals surface area contributed by atoms with Gasteiger partial charge in [-0.05, 0) is 37.8 Å². The maximum absolute atomic E-state index is 14.7. The van der Waals surface area contributed by atoms with Crippen LogP contribution in [0.1, 0.15) is 25.3 Å². The van der Waals surface area contributed by atoms with E-state index >= 15 is 0 Å². The molecule has 0 amide bonds. The maximum Gasteiger partial charge on any atom is 0.312 e. The minimum absolute atomic E-state index is 0.0165. The van der Waals surface area contributed by atoms with Crippen LogP contribution in [-0.4, -0.2) is 49.4 Å². The van der Waals surface area contributed by atoms with Crippen LogP contribution in [-0.2, 0) is 26.0 Å². The van der Waals surface area contributed by atoms with Gasteiger partial charge in [-0.3, -0.25) is 4.79 Å². The van der Waals surface area contributed by atoms with Gasteiger partial charge in [0, 0.05) is 5.56 Å². The van der Waals surface area contributed by atoms with Crippen molar-refractivity contribution in [3.8, 4) is 11.4 Å². The van der Waals surface area contributed by atoms with Crippen molar-refractivity contribution >= 4 is 16.0 Å². The van der Waals surface area contributed by atoms with Gasteiger partial charge in [0.05, 0.1) is 36.7 Å². The number of methoxy groups -OCH3 is 1. The predicted molar refractivity (Wildman–Crippen MR) is 106 cm³/mol. The molecular formula is C20H23F2N3O4S. The minimum atomic E-state index is -3.63. The molecule has 1 heterocycles. The van der Waals surface area contributed by atoms with Crippen molar-refractivity contribution in [3.63, 3.8) is 0 Å². The molecule has 0 bridgehead atoms. The highest BCUT2D eigenvalue weighted by Crippen LogP contribution is 2.44. The lowest BCUT2D eigenvalue weighted by Crippen LogP contribution is -2.40. The van der Waals surface area contributed by atoms with Gasteiger partial charge in [-0.2, -0.15) is 0 Å². The van der Waals surface area contributed by atoms with E-state index in [0.717, 1.165) is 12.4 Å². The molecule has 1 N–H and O–H groups in total. The fraction of sp³-hybridized carbons (Fsp3) is 0.450. The fourth-order valence-corrected chi connectivity index (χ4v) is 4.71. The summed E-state index contributed by atoms with van der Waals surface area (Å²) in [5, 5.41) is 0. The van der Waals surface area contributed by atoms with Crippen molar-refractivity contribution in [2.45, 2.75) is 38.4 Å². The summed E-state index contributed by atoms with van der Waals surface area (Å²) in [6.45, 7) is 1.46. The molecule has 2 aromatic rings. The van der Waals surface area contributed by atoms with Crippen LogP contribution in [0.15, 0.2) is 36.7 Å². The Bertz CT molecular complexity index is 1020. The van der Waals surface area contributed by atoms with Crippen molar-refractivity contribution in [2.24, 2.45) is 5.41 Å². The first-order valence-electron chi connectivity index (χ1n) is 9.47. The smallest absolute Gasteiger partial charge is 0.312 e. The Labute approximate surface area is 173 Å². The molecule has 0 radical (unpaired) electrons. The van der Waals surface area contributed by atoms with Gasteiger partial charge >= 0.3 is 5.97 Å². The van der Waals surface area contributed by atoms with E-state index < -0.39 is 39.4 Å². The van der Waals surface area contributed by atoms with E-state index in [1.54, 1.807) is 24.3 Å². The van der Waals surface area contributed by atoms with Crippen molar-refractivity contribution in [2.75, 3.05) is 12.9 Å². The number of halogens is 2. The Morgan fingerprint density at radius 3 is 2.63 bits per heavy atom. The number of rotatable bonds is 7. The standard InChI is InChI=1S/C20H23F2N3O4S/c1-3-30(27,28)25-17-10-20(9-16(17)22,19(26)29-2)8-13-5-4-6-14(7-13)18-23-11-15(21)12-24-18/h4-7,11-12,16-17,25H,3,8-10H2,1-2H3/t16-,17+,20-/m0/s1. The molecule has 1 saturated carbocycles. The van der Waals surface area contributed by atoms with E-state index in [9.17, 15) is 22.0 Å². The van der Waals surface area contributed by atoms with Crippen molar-refractivity contribution in [1.29, 1.82) is 0 Å². The summed E-state index contributed by atoms with van der Waals surface area (Å²) < 4.78 is 58.9. The third-order valence-electron chi connectivity index (χ3n) is 5.31. The number of sulfonamides is 1. The highest BCUT2D eigenvalue weighted by atomic mass is 32.2. The molecule has 3 rings (SSSR count). The average Bonchev–Trinajstić information content (AvgIpc) is 3.03. The van der Waals surface area contributed by atoms with Gasteiger partial charge in [-0.1, -0.05) is 18.2 Å². The number of nitrogens with one attached hydrogen (secondary N) is 1. The van der Waals surface area contributed by atoms with Gasteiger partial charge in [0.15, 0.2) is 11.6 Å². The van der Waals surface area contributed by atoms with Gasteiger partial charge in [0.25, 0.3) is 0 Å². The Morgan fingerprint density at radius 1 is 1.30 bits per heavy atom. The zero-order valence-electron chi connectivity index (χ0n) is 16.6. The van der Waals surface area contributed by atoms with E-state index in [0.29, 0.717) is 17.0 Å². The third-order valence-corrected chi connectivity index (χ3v) is 6.73.